The normalized spacial score (nSPS) is 11.2. The van der Waals surface area contributed by atoms with E-state index in [9.17, 15) is 0 Å². The quantitative estimate of drug-likeness (QED) is 0.835. The van der Waals surface area contributed by atoms with Crippen molar-refractivity contribution in [2.45, 2.75) is 33.1 Å². The second-order valence-corrected chi connectivity index (χ2v) is 6.11. The number of aryl methyl sites for hydroxylation is 1. The molecule has 108 valence electrons. The lowest BCUT2D eigenvalue weighted by Gasteiger charge is -2.14. The van der Waals surface area contributed by atoms with Crippen molar-refractivity contribution in [3.63, 3.8) is 0 Å². The molecule has 1 aromatic heterocycles. The van der Waals surface area contributed by atoms with E-state index < -0.39 is 0 Å². The van der Waals surface area contributed by atoms with Crippen LogP contribution in [0.4, 0.5) is 0 Å². The highest BCUT2D eigenvalue weighted by molar-refractivity contribution is 9.10. The molecule has 0 bridgehead atoms. The summed E-state index contributed by atoms with van der Waals surface area (Å²) < 4.78 is 8.49. The van der Waals surface area contributed by atoms with E-state index in [1.165, 1.54) is 16.8 Å². The average molecular weight is 337 g/mol. The Balaban J connectivity index is 2.37. The number of methoxy groups -OCH3 is 1. The minimum absolute atomic E-state index is 0.446. The number of hydrogen-bond acceptors (Lipinski definition) is 2. The molecule has 20 heavy (non-hydrogen) atoms. The van der Waals surface area contributed by atoms with Crippen molar-refractivity contribution >= 4 is 15.9 Å². The van der Waals surface area contributed by atoms with E-state index in [2.05, 4.69) is 64.6 Å². The Labute approximate surface area is 129 Å². The van der Waals surface area contributed by atoms with Gasteiger partial charge in [0.05, 0.1) is 12.8 Å². The zero-order valence-electron chi connectivity index (χ0n) is 12.7. The van der Waals surface area contributed by atoms with Gasteiger partial charge < -0.3 is 9.30 Å². The zero-order valence-corrected chi connectivity index (χ0v) is 14.3. The molecule has 0 radical (unpaired) electrons. The molecule has 0 spiro atoms. The zero-order chi connectivity index (χ0) is 14.9. The molecule has 0 atom stereocenters. The van der Waals surface area contributed by atoms with Crippen molar-refractivity contribution in [2.75, 3.05) is 7.11 Å². The molecule has 0 amide bonds. The van der Waals surface area contributed by atoms with Gasteiger partial charge in [0.2, 0.25) is 0 Å². The van der Waals surface area contributed by atoms with Crippen LogP contribution in [0.1, 0.15) is 42.4 Å². The van der Waals surface area contributed by atoms with Gasteiger partial charge in [0.1, 0.15) is 16.2 Å². The molecule has 0 aliphatic carbocycles. The van der Waals surface area contributed by atoms with Gasteiger partial charge in [-0.3, -0.25) is 0 Å². The summed E-state index contributed by atoms with van der Waals surface area (Å²) in [6.45, 7) is 6.39. The van der Waals surface area contributed by atoms with Crippen molar-refractivity contribution in [3.05, 3.63) is 45.4 Å². The van der Waals surface area contributed by atoms with Crippen LogP contribution in [-0.2, 0) is 13.5 Å². The fraction of sp³-hybridized carbons (Fsp3) is 0.438. The van der Waals surface area contributed by atoms with E-state index in [4.69, 9.17) is 4.74 Å². The van der Waals surface area contributed by atoms with Crippen LogP contribution in [-0.4, -0.2) is 16.7 Å². The highest BCUT2D eigenvalue weighted by Gasteiger charge is 2.13. The lowest BCUT2D eigenvalue weighted by Crippen LogP contribution is -2.02. The molecule has 0 N–H and O–H groups in total. The maximum absolute atomic E-state index is 5.44. The summed E-state index contributed by atoms with van der Waals surface area (Å²) in [6.07, 6.45) is 0.863. The smallest absolute Gasteiger partial charge is 0.127 e. The molecule has 4 heteroatoms. The third-order valence-corrected chi connectivity index (χ3v) is 4.31. The first-order chi connectivity index (χ1) is 9.43. The molecule has 3 nitrogen and oxygen atoms in total. The van der Waals surface area contributed by atoms with E-state index in [0.717, 1.165) is 22.6 Å². The Morgan fingerprint density at radius 1 is 1.35 bits per heavy atom. The molecule has 2 rings (SSSR count). The van der Waals surface area contributed by atoms with E-state index in [1.54, 1.807) is 7.11 Å². The predicted octanol–water partition coefficient (Wildman–Crippen LogP) is 4.21. The largest absolute Gasteiger partial charge is 0.496 e. The maximum Gasteiger partial charge on any atom is 0.127 e. The van der Waals surface area contributed by atoms with Crippen LogP contribution in [0.3, 0.4) is 0 Å². The minimum Gasteiger partial charge on any atom is -0.496 e. The second-order valence-electron chi connectivity index (χ2n) is 5.36. The highest BCUT2D eigenvalue weighted by atomic mass is 79.9. The highest BCUT2D eigenvalue weighted by Crippen LogP contribution is 2.29. The molecule has 0 aliphatic rings. The van der Waals surface area contributed by atoms with Crippen LogP contribution in [0.5, 0.6) is 5.75 Å². The van der Waals surface area contributed by atoms with Crippen molar-refractivity contribution < 1.29 is 4.74 Å². The van der Waals surface area contributed by atoms with Crippen LogP contribution in [0.2, 0.25) is 0 Å². The molecule has 0 saturated heterocycles. The van der Waals surface area contributed by atoms with Crippen molar-refractivity contribution in [1.82, 2.24) is 9.55 Å². The third kappa shape index (κ3) is 2.90. The number of imidazole rings is 1. The van der Waals surface area contributed by atoms with Crippen LogP contribution in [0, 0.1) is 6.92 Å². The minimum atomic E-state index is 0.446. The SMILES string of the molecule is COc1ccc(Cc2c(Br)nc(C)n2C)cc1C(C)C. The molecule has 1 heterocycles. The van der Waals surface area contributed by atoms with Crippen molar-refractivity contribution in [1.29, 1.82) is 0 Å². The van der Waals surface area contributed by atoms with Crippen LogP contribution >= 0.6 is 15.9 Å². The molecule has 2 aromatic rings. The van der Waals surface area contributed by atoms with Crippen LogP contribution < -0.4 is 4.74 Å². The molecular formula is C16H21BrN2O. The van der Waals surface area contributed by atoms with Gasteiger partial charge in [-0.25, -0.2) is 4.98 Å². The molecule has 0 aliphatic heterocycles. The topological polar surface area (TPSA) is 27.1 Å². The summed E-state index contributed by atoms with van der Waals surface area (Å²) in [7, 11) is 3.78. The lowest BCUT2D eigenvalue weighted by molar-refractivity contribution is 0.407. The Kier molecular flexibility index (Phi) is 4.53. The number of halogens is 1. The number of ether oxygens (including phenoxy) is 1. The van der Waals surface area contributed by atoms with E-state index in [-0.39, 0.29) is 0 Å². The summed E-state index contributed by atoms with van der Waals surface area (Å²) >= 11 is 3.54. The van der Waals surface area contributed by atoms with Gasteiger partial charge in [0, 0.05) is 13.5 Å². The fourth-order valence-electron chi connectivity index (χ4n) is 2.35. The third-order valence-electron chi connectivity index (χ3n) is 3.68. The number of aromatic nitrogens is 2. The number of nitrogens with zero attached hydrogens (tertiary/aromatic N) is 2. The Bertz CT molecular complexity index is 617. The Morgan fingerprint density at radius 3 is 2.55 bits per heavy atom. The molecule has 0 fully saturated rings. The van der Waals surface area contributed by atoms with Crippen LogP contribution in [0.15, 0.2) is 22.8 Å². The molecule has 0 unspecified atom stereocenters. The van der Waals surface area contributed by atoms with Gasteiger partial charge in [0.15, 0.2) is 0 Å². The van der Waals surface area contributed by atoms with E-state index in [0.29, 0.717) is 5.92 Å². The lowest BCUT2D eigenvalue weighted by atomic mass is 9.98. The first-order valence-electron chi connectivity index (χ1n) is 6.78. The Hall–Kier alpha value is -1.29. The average Bonchev–Trinajstić information content (AvgIpc) is 2.65. The second kappa shape index (κ2) is 6.00. The Morgan fingerprint density at radius 2 is 2.05 bits per heavy atom. The number of rotatable bonds is 4. The van der Waals surface area contributed by atoms with Gasteiger partial charge in [0.25, 0.3) is 0 Å². The van der Waals surface area contributed by atoms with Crippen molar-refractivity contribution in [3.8, 4) is 5.75 Å². The van der Waals surface area contributed by atoms with Gasteiger partial charge >= 0.3 is 0 Å². The van der Waals surface area contributed by atoms with Gasteiger partial charge in [-0.05, 0) is 46.0 Å². The van der Waals surface area contributed by atoms with Gasteiger partial charge in [-0.1, -0.05) is 26.0 Å². The maximum atomic E-state index is 5.44. The monoisotopic (exact) mass is 336 g/mol. The predicted molar refractivity (Wildman–Crippen MR) is 85.5 cm³/mol. The summed E-state index contributed by atoms with van der Waals surface area (Å²) in [5.41, 5.74) is 3.72. The first-order valence-corrected chi connectivity index (χ1v) is 7.57. The standard InChI is InChI=1S/C16H21BrN2O/c1-10(2)13-8-12(6-7-15(13)20-5)9-14-16(17)18-11(3)19(14)4/h6-8,10H,9H2,1-5H3. The summed E-state index contributed by atoms with van der Waals surface area (Å²) in [5.74, 6) is 2.43. The van der Waals surface area contributed by atoms with E-state index >= 15 is 0 Å². The summed E-state index contributed by atoms with van der Waals surface area (Å²) in [4.78, 5) is 4.45. The molecular weight excluding hydrogens is 316 g/mol. The van der Waals surface area contributed by atoms with Crippen molar-refractivity contribution in [2.24, 2.45) is 7.05 Å². The molecule has 0 saturated carbocycles. The van der Waals surface area contributed by atoms with E-state index in [1.807, 2.05) is 6.92 Å². The number of hydrogen-bond donors (Lipinski definition) is 0. The van der Waals surface area contributed by atoms with Gasteiger partial charge in [-0.2, -0.15) is 0 Å². The van der Waals surface area contributed by atoms with Crippen LogP contribution in [0.25, 0.3) is 0 Å². The molecule has 1 aromatic carbocycles. The number of benzene rings is 1. The fourth-order valence-corrected chi connectivity index (χ4v) is 3.01. The summed E-state index contributed by atoms with van der Waals surface area (Å²) in [5, 5.41) is 0. The first kappa shape index (κ1) is 15.1. The summed E-state index contributed by atoms with van der Waals surface area (Å²) in [6, 6.07) is 6.42. The van der Waals surface area contributed by atoms with Gasteiger partial charge in [-0.15, -0.1) is 0 Å².